The number of fused-ring (bicyclic) bond motifs is 1. The highest BCUT2D eigenvalue weighted by atomic mass is 79.9. The minimum Gasteiger partial charge on any atom is -0.493 e. The van der Waals surface area contributed by atoms with E-state index in [-0.39, 0.29) is 18.3 Å². The van der Waals surface area contributed by atoms with Crippen molar-refractivity contribution in [1.82, 2.24) is 9.66 Å². The van der Waals surface area contributed by atoms with Crippen molar-refractivity contribution in [2.45, 2.75) is 0 Å². The van der Waals surface area contributed by atoms with E-state index in [0.717, 1.165) is 4.68 Å². The minimum absolute atomic E-state index is 0.272. The fourth-order valence-electron chi connectivity index (χ4n) is 3.23. The second kappa shape index (κ2) is 11.1. The topological polar surface area (TPSA) is 115 Å². The van der Waals surface area contributed by atoms with Crippen LogP contribution in [0.3, 0.4) is 0 Å². The summed E-state index contributed by atoms with van der Waals surface area (Å²) in [6.07, 6.45) is 1.33. The molecule has 1 amide bonds. The Morgan fingerprint density at radius 2 is 1.86 bits per heavy atom. The monoisotopic (exact) mass is 634 g/mol. The Kier molecular flexibility index (Phi) is 7.92. The van der Waals surface area contributed by atoms with Gasteiger partial charge in [-0.3, -0.25) is 9.59 Å². The van der Waals surface area contributed by atoms with Gasteiger partial charge in [0.05, 0.1) is 28.7 Å². The third-order valence-electron chi connectivity index (χ3n) is 4.95. The molecule has 0 aliphatic heterocycles. The van der Waals surface area contributed by atoms with Gasteiger partial charge < -0.3 is 19.8 Å². The van der Waals surface area contributed by atoms with Crippen molar-refractivity contribution in [2.75, 3.05) is 19.0 Å². The molecule has 4 aromatic rings. The number of para-hydroxylation sites is 1. The molecule has 12 heteroatoms. The number of H-pyrrole nitrogens is 1. The number of anilines is 1. The first kappa shape index (κ1) is 25.7. The number of hydrogen-bond donors (Lipinski definition) is 2. The van der Waals surface area contributed by atoms with Gasteiger partial charge in [0.1, 0.15) is 0 Å². The lowest BCUT2D eigenvalue weighted by molar-refractivity contribution is -0.118. The Bertz CT molecular complexity index is 1600. The lowest BCUT2D eigenvalue weighted by atomic mass is 10.2. The average molecular weight is 637 g/mol. The highest BCUT2D eigenvalue weighted by Crippen LogP contribution is 2.42. The number of halogens is 3. The summed E-state index contributed by atoms with van der Waals surface area (Å²) in [5, 5.41) is 7.67. The van der Waals surface area contributed by atoms with E-state index in [2.05, 4.69) is 47.3 Å². The summed E-state index contributed by atoms with van der Waals surface area (Å²) in [6.45, 7) is -0.292. The maximum Gasteiger partial charge on any atom is 0.349 e. The largest absolute Gasteiger partial charge is 0.493 e. The number of hydrogen-bond acceptors (Lipinski definition) is 6. The number of benzene rings is 3. The van der Waals surface area contributed by atoms with E-state index in [9.17, 15) is 14.4 Å². The smallest absolute Gasteiger partial charge is 0.349 e. The first-order valence-electron chi connectivity index (χ1n) is 10.3. The number of aromatic amines is 1. The normalized spacial score (nSPS) is 11.1. The fourth-order valence-corrected chi connectivity index (χ4v) is 4.29. The van der Waals surface area contributed by atoms with Gasteiger partial charge in [-0.1, -0.05) is 23.7 Å². The number of rotatable bonds is 7. The molecule has 0 unspecified atom stereocenters. The maximum absolute atomic E-state index is 12.7. The van der Waals surface area contributed by atoms with Crippen molar-refractivity contribution >= 4 is 72.2 Å². The van der Waals surface area contributed by atoms with Gasteiger partial charge in [-0.15, -0.1) is 4.68 Å². The number of aromatic nitrogens is 2. The summed E-state index contributed by atoms with van der Waals surface area (Å²) >= 11 is 12.8. The minimum atomic E-state index is -0.677. The van der Waals surface area contributed by atoms with Crippen LogP contribution in [0, 0.1) is 0 Å². The SMILES string of the molecule is COc1cc(C=Nn2c(=O)[nH]c3ccccc3c2=O)c(Br)c(Br)c1OCC(=O)Nc1ccc(Cl)cc1. The van der Waals surface area contributed by atoms with E-state index in [4.69, 9.17) is 21.1 Å². The van der Waals surface area contributed by atoms with Gasteiger partial charge in [-0.05, 0) is 74.3 Å². The van der Waals surface area contributed by atoms with E-state index in [0.29, 0.717) is 41.9 Å². The fraction of sp³-hybridized carbons (Fsp3) is 0.0833. The number of amides is 1. The first-order chi connectivity index (χ1) is 17.3. The van der Waals surface area contributed by atoms with Gasteiger partial charge in [-0.25, -0.2) is 4.79 Å². The summed E-state index contributed by atoms with van der Waals surface area (Å²) in [7, 11) is 1.44. The van der Waals surface area contributed by atoms with E-state index >= 15 is 0 Å². The Morgan fingerprint density at radius 1 is 1.14 bits per heavy atom. The first-order valence-corrected chi connectivity index (χ1v) is 12.3. The van der Waals surface area contributed by atoms with Crippen LogP contribution in [0.15, 0.2) is 78.2 Å². The van der Waals surface area contributed by atoms with Crippen LogP contribution in [0.4, 0.5) is 5.69 Å². The third kappa shape index (κ3) is 5.53. The zero-order valence-electron chi connectivity index (χ0n) is 18.6. The van der Waals surface area contributed by atoms with E-state index in [1.165, 1.54) is 13.3 Å². The molecule has 0 bridgehead atoms. The number of methoxy groups -OCH3 is 1. The highest BCUT2D eigenvalue weighted by molar-refractivity contribution is 9.13. The van der Waals surface area contributed by atoms with Crippen molar-refractivity contribution < 1.29 is 14.3 Å². The molecule has 0 saturated carbocycles. The van der Waals surface area contributed by atoms with E-state index in [1.54, 1.807) is 54.6 Å². The van der Waals surface area contributed by atoms with Crippen LogP contribution in [0.2, 0.25) is 5.02 Å². The van der Waals surface area contributed by atoms with E-state index in [1.807, 2.05) is 0 Å². The van der Waals surface area contributed by atoms with E-state index < -0.39 is 11.2 Å². The van der Waals surface area contributed by atoms with Crippen LogP contribution in [0.25, 0.3) is 10.9 Å². The van der Waals surface area contributed by atoms with Gasteiger partial charge in [0.15, 0.2) is 18.1 Å². The molecule has 0 aliphatic carbocycles. The third-order valence-corrected chi connectivity index (χ3v) is 7.34. The maximum atomic E-state index is 12.7. The Labute approximate surface area is 226 Å². The Morgan fingerprint density at radius 3 is 2.58 bits per heavy atom. The molecule has 36 heavy (non-hydrogen) atoms. The molecule has 0 aliphatic rings. The number of nitrogens with one attached hydrogen (secondary N) is 2. The highest BCUT2D eigenvalue weighted by Gasteiger charge is 2.18. The van der Waals surface area contributed by atoms with Crippen molar-refractivity contribution in [3.63, 3.8) is 0 Å². The molecule has 2 N–H and O–H groups in total. The van der Waals surface area contributed by atoms with Crippen LogP contribution >= 0.6 is 43.5 Å². The van der Waals surface area contributed by atoms with Crippen LogP contribution in [0.5, 0.6) is 11.5 Å². The molecule has 3 aromatic carbocycles. The Balaban J connectivity index is 1.58. The molecule has 1 heterocycles. The van der Waals surface area contributed by atoms with Crippen molar-refractivity contribution in [2.24, 2.45) is 5.10 Å². The molecule has 4 rings (SSSR count). The number of nitrogens with zero attached hydrogens (tertiary/aromatic N) is 2. The van der Waals surface area contributed by atoms with Crippen LogP contribution in [-0.2, 0) is 4.79 Å². The average Bonchev–Trinajstić information content (AvgIpc) is 2.87. The number of carbonyl (C=O) groups is 1. The predicted molar refractivity (Wildman–Crippen MR) is 146 cm³/mol. The second-order valence-electron chi connectivity index (χ2n) is 7.31. The summed E-state index contributed by atoms with van der Waals surface area (Å²) in [5.74, 6) is 0.182. The quantitative estimate of drug-likeness (QED) is 0.284. The van der Waals surface area contributed by atoms with Crippen molar-refractivity contribution in [3.05, 3.63) is 95.0 Å². The van der Waals surface area contributed by atoms with Gasteiger partial charge in [0, 0.05) is 20.7 Å². The number of ether oxygens (including phenoxy) is 2. The molecule has 0 spiro atoms. The standard InChI is InChI=1S/C24H17Br2ClN4O5/c1-35-18-10-13(11-28-31-23(33)16-4-2-3-5-17(16)30-24(31)34)20(25)21(26)22(18)36-12-19(32)29-15-8-6-14(27)7-9-15/h2-11H,12H2,1H3,(H,29,32)(H,30,34). The van der Waals surface area contributed by atoms with Gasteiger partial charge in [0.2, 0.25) is 0 Å². The number of carbonyl (C=O) groups excluding carboxylic acids is 1. The molecule has 184 valence electrons. The second-order valence-corrected chi connectivity index (χ2v) is 9.33. The zero-order chi connectivity index (χ0) is 25.8. The van der Waals surface area contributed by atoms with Crippen molar-refractivity contribution in [1.29, 1.82) is 0 Å². The molecule has 0 fully saturated rings. The van der Waals surface area contributed by atoms with Gasteiger partial charge in [-0.2, -0.15) is 5.10 Å². The summed E-state index contributed by atoms with van der Waals surface area (Å²) < 4.78 is 12.8. The molecular formula is C24H17Br2ClN4O5. The summed E-state index contributed by atoms with van der Waals surface area (Å²) in [4.78, 5) is 40.1. The molecule has 0 radical (unpaired) electrons. The lowest BCUT2D eigenvalue weighted by Gasteiger charge is -2.15. The van der Waals surface area contributed by atoms with Gasteiger partial charge >= 0.3 is 5.69 Å². The molecular weight excluding hydrogens is 620 g/mol. The van der Waals surface area contributed by atoms with Crippen LogP contribution in [-0.4, -0.2) is 35.5 Å². The van der Waals surface area contributed by atoms with Crippen molar-refractivity contribution in [3.8, 4) is 11.5 Å². The lowest BCUT2D eigenvalue weighted by Crippen LogP contribution is -2.32. The molecule has 9 nitrogen and oxygen atoms in total. The Hall–Kier alpha value is -3.41. The summed E-state index contributed by atoms with van der Waals surface area (Å²) in [5.41, 5.74) is 0.246. The summed E-state index contributed by atoms with van der Waals surface area (Å²) in [6, 6.07) is 14.9. The van der Waals surface area contributed by atoms with Crippen LogP contribution < -0.4 is 26.0 Å². The molecule has 1 aromatic heterocycles. The molecule has 0 atom stereocenters. The molecule has 0 saturated heterocycles. The predicted octanol–water partition coefficient (Wildman–Crippen LogP) is 4.78. The van der Waals surface area contributed by atoms with Crippen LogP contribution in [0.1, 0.15) is 5.56 Å². The zero-order valence-corrected chi connectivity index (χ0v) is 22.5. The van der Waals surface area contributed by atoms with Gasteiger partial charge in [0.25, 0.3) is 11.5 Å².